The molecule has 2 rings (SSSR count). The molecular weight excluding hydrogens is 439 g/mol. The van der Waals surface area contributed by atoms with E-state index in [9.17, 15) is 17.6 Å². The first-order chi connectivity index (χ1) is 14.8. The van der Waals surface area contributed by atoms with Gasteiger partial charge in [-0.3, -0.25) is 4.79 Å². The molecule has 0 saturated carbocycles. The number of carbonyl (C=O) groups excluding carboxylic acids is 1. The van der Waals surface area contributed by atoms with Crippen LogP contribution in [-0.4, -0.2) is 45.5 Å². The molecule has 6 nitrogen and oxygen atoms in total. The summed E-state index contributed by atoms with van der Waals surface area (Å²) in [6.45, 7) is 2.73. The van der Waals surface area contributed by atoms with Crippen LogP contribution < -0.4 is 14.8 Å². The third-order valence-electron chi connectivity index (χ3n) is 4.51. The highest BCUT2D eigenvalue weighted by molar-refractivity contribution is 7.98. The van der Waals surface area contributed by atoms with E-state index in [1.165, 1.54) is 24.3 Å². The number of rotatable bonds is 13. The van der Waals surface area contributed by atoms with E-state index in [0.717, 1.165) is 5.56 Å². The van der Waals surface area contributed by atoms with E-state index in [1.54, 1.807) is 36.0 Å². The topological polar surface area (TPSA) is 84.5 Å². The first-order valence-electron chi connectivity index (χ1n) is 10.1. The Balaban J connectivity index is 1.80. The summed E-state index contributed by atoms with van der Waals surface area (Å²) in [6, 6.07) is 11.5. The fourth-order valence-electron chi connectivity index (χ4n) is 2.73. The monoisotopic (exact) mass is 468 g/mol. The van der Waals surface area contributed by atoms with E-state index in [-0.39, 0.29) is 16.6 Å². The van der Waals surface area contributed by atoms with E-state index in [2.05, 4.69) is 10.0 Å². The van der Waals surface area contributed by atoms with Gasteiger partial charge < -0.3 is 10.1 Å². The van der Waals surface area contributed by atoms with Gasteiger partial charge >= 0.3 is 0 Å². The lowest BCUT2D eigenvalue weighted by atomic mass is 10.2. The Morgan fingerprint density at radius 2 is 1.77 bits per heavy atom. The standard InChI is InChI=1S/C22H29FN2O4S2/c1-17-5-11-20(12-6-17)31(27,28)25-21(13-16-30-2)22(26)24-14-3-4-15-29-19-9-7-18(23)8-10-19/h5-12,21,25H,3-4,13-16H2,1-2H3,(H,24,26). The maximum absolute atomic E-state index is 12.9. The van der Waals surface area contributed by atoms with Crippen LogP contribution in [0.3, 0.4) is 0 Å². The molecule has 0 spiro atoms. The van der Waals surface area contributed by atoms with Gasteiger partial charge in [0.25, 0.3) is 0 Å². The van der Waals surface area contributed by atoms with Crippen LogP contribution in [0.4, 0.5) is 4.39 Å². The van der Waals surface area contributed by atoms with Crippen molar-refractivity contribution in [3.63, 3.8) is 0 Å². The number of aryl methyl sites for hydroxylation is 1. The van der Waals surface area contributed by atoms with Gasteiger partial charge in [0.2, 0.25) is 15.9 Å². The van der Waals surface area contributed by atoms with E-state index in [0.29, 0.717) is 43.9 Å². The molecule has 0 aromatic heterocycles. The molecule has 2 aromatic carbocycles. The molecule has 9 heteroatoms. The number of benzene rings is 2. The summed E-state index contributed by atoms with van der Waals surface area (Å²) in [4.78, 5) is 12.7. The Morgan fingerprint density at radius 1 is 1.10 bits per heavy atom. The normalized spacial score (nSPS) is 12.4. The number of sulfonamides is 1. The van der Waals surface area contributed by atoms with Crippen LogP contribution in [-0.2, 0) is 14.8 Å². The Bertz CT molecular complexity index is 920. The number of thioether (sulfide) groups is 1. The number of halogens is 1. The van der Waals surface area contributed by atoms with Crippen molar-refractivity contribution in [1.29, 1.82) is 0 Å². The van der Waals surface area contributed by atoms with Crippen LogP contribution in [0.25, 0.3) is 0 Å². The van der Waals surface area contributed by atoms with Gasteiger partial charge in [0.15, 0.2) is 0 Å². The van der Waals surface area contributed by atoms with Gasteiger partial charge in [-0.25, -0.2) is 12.8 Å². The molecule has 1 amide bonds. The predicted molar refractivity (Wildman–Crippen MR) is 122 cm³/mol. The summed E-state index contributed by atoms with van der Waals surface area (Å²) in [5.74, 6) is 0.585. The average molecular weight is 469 g/mol. The van der Waals surface area contributed by atoms with E-state index in [1.807, 2.05) is 13.2 Å². The van der Waals surface area contributed by atoms with Gasteiger partial charge in [-0.1, -0.05) is 17.7 Å². The maximum atomic E-state index is 12.9. The predicted octanol–water partition coefficient (Wildman–Crippen LogP) is 3.51. The molecule has 0 aliphatic rings. The number of hydrogen-bond acceptors (Lipinski definition) is 5. The number of hydrogen-bond donors (Lipinski definition) is 2. The zero-order valence-corrected chi connectivity index (χ0v) is 19.4. The zero-order chi connectivity index (χ0) is 22.7. The molecule has 0 heterocycles. The minimum atomic E-state index is -3.79. The third-order valence-corrected chi connectivity index (χ3v) is 6.64. The maximum Gasteiger partial charge on any atom is 0.241 e. The first kappa shape index (κ1) is 25.2. The van der Waals surface area contributed by atoms with Crippen LogP contribution in [0.15, 0.2) is 53.4 Å². The Labute approximate surface area is 188 Å². The van der Waals surface area contributed by atoms with E-state index in [4.69, 9.17) is 4.74 Å². The fourth-order valence-corrected chi connectivity index (χ4v) is 4.44. The number of unbranched alkanes of at least 4 members (excludes halogenated alkanes) is 1. The van der Waals surface area contributed by atoms with Crippen molar-refractivity contribution in [3.8, 4) is 5.75 Å². The summed E-state index contributed by atoms with van der Waals surface area (Å²) in [5.41, 5.74) is 0.957. The van der Waals surface area contributed by atoms with E-state index < -0.39 is 16.1 Å². The average Bonchev–Trinajstić information content (AvgIpc) is 2.75. The largest absolute Gasteiger partial charge is 0.494 e. The fraction of sp³-hybridized carbons (Fsp3) is 0.409. The molecule has 0 saturated heterocycles. The first-order valence-corrected chi connectivity index (χ1v) is 12.9. The molecule has 0 fully saturated rings. The van der Waals surface area contributed by atoms with Crippen molar-refractivity contribution in [1.82, 2.24) is 10.0 Å². The Kier molecular flexibility index (Phi) is 10.3. The molecule has 2 aromatic rings. The minimum absolute atomic E-state index is 0.137. The molecule has 0 aliphatic heterocycles. The highest BCUT2D eigenvalue weighted by Gasteiger charge is 2.25. The summed E-state index contributed by atoms with van der Waals surface area (Å²) < 4.78 is 46.2. The van der Waals surface area contributed by atoms with Gasteiger partial charge in [0.05, 0.1) is 11.5 Å². The molecule has 0 bridgehead atoms. The highest BCUT2D eigenvalue weighted by Crippen LogP contribution is 2.13. The van der Waals surface area contributed by atoms with Crippen molar-refractivity contribution >= 4 is 27.7 Å². The third kappa shape index (κ3) is 8.88. The molecule has 170 valence electrons. The van der Waals surface area contributed by atoms with Gasteiger partial charge in [-0.05, 0) is 74.6 Å². The number of carbonyl (C=O) groups is 1. The Hall–Kier alpha value is -2.10. The summed E-state index contributed by atoms with van der Waals surface area (Å²) >= 11 is 1.55. The Morgan fingerprint density at radius 3 is 2.42 bits per heavy atom. The van der Waals surface area contributed by atoms with Gasteiger partial charge in [-0.2, -0.15) is 16.5 Å². The van der Waals surface area contributed by atoms with Crippen LogP contribution in [0.1, 0.15) is 24.8 Å². The van der Waals surface area contributed by atoms with Gasteiger partial charge in [-0.15, -0.1) is 0 Å². The second-order valence-corrected chi connectivity index (χ2v) is 9.77. The van der Waals surface area contributed by atoms with Crippen molar-refractivity contribution in [2.24, 2.45) is 0 Å². The highest BCUT2D eigenvalue weighted by atomic mass is 32.2. The van der Waals surface area contributed by atoms with Crippen LogP contribution in [0.2, 0.25) is 0 Å². The number of ether oxygens (including phenoxy) is 1. The molecule has 0 radical (unpaired) electrons. The lowest BCUT2D eigenvalue weighted by Gasteiger charge is -2.18. The quantitative estimate of drug-likeness (QED) is 0.440. The van der Waals surface area contributed by atoms with Crippen LogP contribution >= 0.6 is 11.8 Å². The van der Waals surface area contributed by atoms with Crippen molar-refractivity contribution in [2.75, 3.05) is 25.2 Å². The van der Waals surface area contributed by atoms with Crippen molar-refractivity contribution in [2.45, 2.75) is 37.1 Å². The van der Waals surface area contributed by atoms with Crippen molar-refractivity contribution < 1.29 is 22.3 Å². The van der Waals surface area contributed by atoms with Gasteiger partial charge in [0, 0.05) is 6.54 Å². The molecule has 0 aliphatic carbocycles. The summed E-state index contributed by atoms with van der Waals surface area (Å²) in [7, 11) is -3.79. The second kappa shape index (κ2) is 12.7. The summed E-state index contributed by atoms with van der Waals surface area (Å²) in [6.07, 6.45) is 3.67. The molecular formula is C22H29FN2O4S2. The minimum Gasteiger partial charge on any atom is -0.494 e. The molecule has 31 heavy (non-hydrogen) atoms. The van der Waals surface area contributed by atoms with Gasteiger partial charge in [0.1, 0.15) is 17.6 Å². The second-order valence-electron chi connectivity index (χ2n) is 7.07. The van der Waals surface area contributed by atoms with Crippen LogP contribution in [0, 0.1) is 12.7 Å². The lowest BCUT2D eigenvalue weighted by Crippen LogP contribution is -2.47. The molecule has 1 atom stereocenters. The SMILES string of the molecule is CSCCC(NS(=O)(=O)c1ccc(C)cc1)C(=O)NCCCCOc1ccc(F)cc1. The number of amides is 1. The van der Waals surface area contributed by atoms with Crippen LogP contribution in [0.5, 0.6) is 5.75 Å². The lowest BCUT2D eigenvalue weighted by molar-refractivity contribution is -0.122. The summed E-state index contributed by atoms with van der Waals surface area (Å²) in [5, 5.41) is 2.80. The number of nitrogens with one attached hydrogen (secondary N) is 2. The van der Waals surface area contributed by atoms with E-state index >= 15 is 0 Å². The van der Waals surface area contributed by atoms with Crippen molar-refractivity contribution in [3.05, 3.63) is 59.9 Å². The molecule has 2 N–H and O–H groups in total. The smallest absolute Gasteiger partial charge is 0.241 e. The zero-order valence-electron chi connectivity index (χ0n) is 17.8. The molecule has 1 unspecified atom stereocenters.